The van der Waals surface area contributed by atoms with Gasteiger partial charge in [-0.15, -0.1) is 10.2 Å². The molecule has 2 aromatic carbocycles. The third-order valence-corrected chi connectivity index (χ3v) is 6.71. The van der Waals surface area contributed by atoms with E-state index in [0.717, 1.165) is 21.5 Å². The number of hydrogen-bond acceptors (Lipinski definition) is 7. The highest BCUT2D eigenvalue weighted by molar-refractivity contribution is 7.99. The molecule has 4 rings (SSSR count). The number of thiazole rings is 1. The second-order valence-electron chi connectivity index (χ2n) is 7.25. The second-order valence-corrected chi connectivity index (χ2v) is 9.23. The molecule has 1 N–H and O–H groups in total. The molecule has 7 nitrogen and oxygen atoms in total. The van der Waals surface area contributed by atoms with Crippen LogP contribution in [0, 0.1) is 13.8 Å². The summed E-state index contributed by atoms with van der Waals surface area (Å²) < 4.78 is 9.00. The molecule has 1 atom stereocenters. The molecular weight excluding hydrogens is 430 g/mol. The van der Waals surface area contributed by atoms with Crippen molar-refractivity contribution in [3.8, 4) is 5.75 Å². The van der Waals surface area contributed by atoms with E-state index in [2.05, 4.69) is 33.5 Å². The van der Waals surface area contributed by atoms with Crippen molar-refractivity contribution in [3.63, 3.8) is 0 Å². The summed E-state index contributed by atoms with van der Waals surface area (Å²) in [7, 11) is 1.88. The van der Waals surface area contributed by atoms with Crippen LogP contribution in [-0.2, 0) is 11.8 Å². The first-order chi connectivity index (χ1) is 14.9. The van der Waals surface area contributed by atoms with Gasteiger partial charge in [-0.3, -0.25) is 4.79 Å². The Balaban J connectivity index is 1.36. The standard InChI is InChI=1S/C22H23N5O2S2/c1-13-9-10-17(14(2)11-13)29-15(3)20-25-26-22(27(20)4)30-12-19(28)24-21-23-16-7-5-6-8-18(16)31-21/h5-11,15H,12H2,1-4H3,(H,23,24,28). The number of benzene rings is 2. The zero-order valence-corrected chi connectivity index (χ0v) is 19.4. The van der Waals surface area contributed by atoms with Gasteiger partial charge in [0.1, 0.15) is 5.75 Å². The maximum atomic E-state index is 12.4. The number of rotatable bonds is 7. The Morgan fingerprint density at radius 2 is 2.03 bits per heavy atom. The normalized spacial score (nSPS) is 12.1. The molecule has 0 spiro atoms. The quantitative estimate of drug-likeness (QED) is 0.400. The molecule has 4 aromatic rings. The Labute approximate surface area is 188 Å². The maximum absolute atomic E-state index is 12.4. The second kappa shape index (κ2) is 9.07. The molecular formula is C22H23N5O2S2. The van der Waals surface area contributed by atoms with Crippen molar-refractivity contribution >= 4 is 44.4 Å². The average Bonchev–Trinajstić information content (AvgIpc) is 3.31. The lowest BCUT2D eigenvalue weighted by atomic mass is 10.1. The Bertz CT molecular complexity index is 1200. The molecule has 2 heterocycles. The van der Waals surface area contributed by atoms with Gasteiger partial charge in [0.25, 0.3) is 0 Å². The van der Waals surface area contributed by atoms with Crippen LogP contribution >= 0.6 is 23.1 Å². The van der Waals surface area contributed by atoms with E-state index in [4.69, 9.17) is 4.74 Å². The van der Waals surface area contributed by atoms with Gasteiger partial charge < -0.3 is 14.6 Å². The van der Waals surface area contributed by atoms with Crippen LogP contribution in [-0.4, -0.2) is 31.4 Å². The van der Waals surface area contributed by atoms with Gasteiger partial charge in [-0.1, -0.05) is 52.9 Å². The summed E-state index contributed by atoms with van der Waals surface area (Å²) in [5.41, 5.74) is 3.15. The molecule has 1 amide bonds. The Hall–Kier alpha value is -2.91. The number of nitrogens with one attached hydrogen (secondary N) is 1. The third kappa shape index (κ3) is 4.88. The number of para-hydroxylation sites is 1. The van der Waals surface area contributed by atoms with Gasteiger partial charge >= 0.3 is 0 Å². The van der Waals surface area contributed by atoms with Gasteiger partial charge in [0.15, 0.2) is 22.2 Å². The van der Waals surface area contributed by atoms with Crippen molar-refractivity contribution < 1.29 is 9.53 Å². The molecule has 0 fully saturated rings. The van der Waals surface area contributed by atoms with Crippen molar-refractivity contribution in [1.82, 2.24) is 19.7 Å². The Morgan fingerprint density at radius 1 is 1.23 bits per heavy atom. The molecule has 31 heavy (non-hydrogen) atoms. The highest BCUT2D eigenvalue weighted by Crippen LogP contribution is 2.28. The van der Waals surface area contributed by atoms with E-state index in [1.54, 1.807) is 0 Å². The molecule has 0 aliphatic heterocycles. The lowest BCUT2D eigenvalue weighted by Gasteiger charge is -2.16. The smallest absolute Gasteiger partial charge is 0.236 e. The minimum atomic E-state index is -0.273. The number of aryl methyl sites for hydroxylation is 2. The molecule has 0 aliphatic rings. The van der Waals surface area contributed by atoms with Crippen LogP contribution in [0.25, 0.3) is 10.2 Å². The number of nitrogens with zero attached hydrogens (tertiary/aromatic N) is 4. The SMILES string of the molecule is Cc1ccc(OC(C)c2nnc(SCC(=O)Nc3nc4ccccc4s3)n2C)c(C)c1. The third-order valence-electron chi connectivity index (χ3n) is 4.74. The molecule has 0 bridgehead atoms. The number of amides is 1. The van der Waals surface area contributed by atoms with Crippen molar-refractivity contribution in [3.05, 3.63) is 59.4 Å². The van der Waals surface area contributed by atoms with E-state index in [9.17, 15) is 4.79 Å². The van der Waals surface area contributed by atoms with Crippen molar-refractivity contribution in [2.45, 2.75) is 32.0 Å². The summed E-state index contributed by atoms with van der Waals surface area (Å²) in [4.78, 5) is 16.8. The molecule has 160 valence electrons. The first-order valence-corrected chi connectivity index (χ1v) is 11.6. The molecule has 9 heteroatoms. The van der Waals surface area contributed by atoms with E-state index in [1.807, 2.05) is 61.9 Å². The molecule has 2 aromatic heterocycles. The van der Waals surface area contributed by atoms with Crippen molar-refractivity contribution in [2.75, 3.05) is 11.1 Å². The number of carbonyl (C=O) groups excluding carboxylic acids is 1. The van der Waals surface area contributed by atoms with Crippen LogP contribution in [0.2, 0.25) is 0 Å². The van der Waals surface area contributed by atoms with Gasteiger partial charge in [-0.25, -0.2) is 4.98 Å². The number of aromatic nitrogens is 4. The highest BCUT2D eigenvalue weighted by Gasteiger charge is 2.19. The molecule has 0 aliphatic carbocycles. The first-order valence-electron chi connectivity index (χ1n) is 9.82. The summed E-state index contributed by atoms with van der Waals surface area (Å²) >= 11 is 2.79. The fourth-order valence-corrected chi connectivity index (χ4v) is 4.79. The Kier molecular flexibility index (Phi) is 6.24. The maximum Gasteiger partial charge on any atom is 0.236 e. The predicted molar refractivity (Wildman–Crippen MR) is 125 cm³/mol. The van der Waals surface area contributed by atoms with Gasteiger partial charge in [-0.05, 0) is 44.5 Å². The molecule has 1 unspecified atom stereocenters. The molecule has 0 saturated carbocycles. The number of fused-ring (bicyclic) bond motifs is 1. The number of thioether (sulfide) groups is 1. The van der Waals surface area contributed by atoms with Crippen LogP contribution in [0.5, 0.6) is 5.75 Å². The number of hydrogen-bond donors (Lipinski definition) is 1. The van der Waals surface area contributed by atoms with E-state index in [0.29, 0.717) is 16.1 Å². The van der Waals surface area contributed by atoms with Crippen LogP contribution < -0.4 is 10.1 Å². The van der Waals surface area contributed by atoms with Gasteiger partial charge in [0.05, 0.1) is 16.0 Å². The monoisotopic (exact) mass is 453 g/mol. The van der Waals surface area contributed by atoms with Crippen LogP contribution in [0.15, 0.2) is 47.6 Å². The van der Waals surface area contributed by atoms with Crippen LogP contribution in [0.1, 0.15) is 30.0 Å². The van der Waals surface area contributed by atoms with Crippen molar-refractivity contribution in [1.29, 1.82) is 0 Å². The van der Waals surface area contributed by atoms with Crippen LogP contribution in [0.4, 0.5) is 5.13 Å². The van der Waals surface area contributed by atoms with E-state index in [-0.39, 0.29) is 17.8 Å². The molecule has 0 saturated heterocycles. The number of anilines is 1. The highest BCUT2D eigenvalue weighted by atomic mass is 32.2. The van der Waals surface area contributed by atoms with E-state index >= 15 is 0 Å². The van der Waals surface area contributed by atoms with Crippen LogP contribution in [0.3, 0.4) is 0 Å². The predicted octanol–water partition coefficient (Wildman–Crippen LogP) is 4.91. The fourth-order valence-electron chi connectivity index (χ4n) is 3.19. The minimum absolute atomic E-state index is 0.131. The fraction of sp³-hybridized carbons (Fsp3) is 0.273. The Morgan fingerprint density at radius 3 is 2.81 bits per heavy atom. The topological polar surface area (TPSA) is 81.9 Å². The van der Waals surface area contributed by atoms with Gasteiger partial charge in [-0.2, -0.15) is 0 Å². The minimum Gasteiger partial charge on any atom is -0.482 e. The zero-order valence-electron chi connectivity index (χ0n) is 17.7. The number of carbonyl (C=O) groups is 1. The van der Waals surface area contributed by atoms with E-state index in [1.165, 1.54) is 28.7 Å². The lowest BCUT2D eigenvalue weighted by molar-refractivity contribution is -0.113. The zero-order chi connectivity index (χ0) is 22.0. The largest absolute Gasteiger partial charge is 0.482 e. The average molecular weight is 454 g/mol. The van der Waals surface area contributed by atoms with Gasteiger partial charge in [0, 0.05) is 7.05 Å². The molecule has 0 radical (unpaired) electrons. The van der Waals surface area contributed by atoms with Crippen molar-refractivity contribution in [2.24, 2.45) is 7.05 Å². The summed E-state index contributed by atoms with van der Waals surface area (Å²) in [6, 6.07) is 13.9. The summed E-state index contributed by atoms with van der Waals surface area (Å²) in [5.74, 6) is 1.61. The summed E-state index contributed by atoms with van der Waals surface area (Å²) in [6.07, 6.45) is -0.273. The number of ether oxygens (including phenoxy) is 1. The summed E-state index contributed by atoms with van der Waals surface area (Å²) in [5, 5.41) is 12.6. The van der Waals surface area contributed by atoms with Gasteiger partial charge in [0.2, 0.25) is 5.91 Å². The lowest BCUT2D eigenvalue weighted by Crippen LogP contribution is -2.14. The van der Waals surface area contributed by atoms with E-state index < -0.39 is 0 Å². The summed E-state index contributed by atoms with van der Waals surface area (Å²) in [6.45, 7) is 6.02. The first kappa shape index (κ1) is 21.3.